The number of aromatic hydroxyl groups is 1. The molecule has 0 atom stereocenters. The average molecular weight is 243 g/mol. The summed E-state index contributed by atoms with van der Waals surface area (Å²) in [6.45, 7) is 0. The van der Waals surface area contributed by atoms with Crippen molar-refractivity contribution in [1.82, 2.24) is 0 Å². The van der Waals surface area contributed by atoms with Crippen molar-refractivity contribution in [2.24, 2.45) is 4.99 Å². The molecule has 1 N–H and O–H groups in total. The number of phenols is 1. The number of nitrogens with zero attached hydrogens (tertiary/aromatic N) is 1. The third-order valence-electron chi connectivity index (χ3n) is 2.82. The van der Waals surface area contributed by atoms with Gasteiger partial charge in [-0.25, -0.2) is 4.79 Å². The third kappa shape index (κ3) is 2.03. The summed E-state index contributed by atoms with van der Waals surface area (Å²) in [6.07, 6.45) is -2.21. The maximum atomic E-state index is 12.6. The van der Waals surface area contributed by atoms with Crippen molar-refractivity contribution in [3.63, 3.8) is 0 Å². The SMILES string of the molecule is O=C=NC1(c2ccc(O)c(C(F)(F)F)c2)CC1. The van der Waals surface area contributed by atoms with Gasteiger partial charge in [0, 0.05) is 0 Å². The molecule has 0 saturated heterocycles. The predicted molar refractivity (Wildman–Crippen MR) is 52.1 cm³/mol. The second kappa shape index (κ2) is 3.60. The molecule has 1 aliphatic rings. The fraction of sp³-hybridized carbons (Fsp3) is 0.364. The van der Waals surface area contributed by atoms with Crippen molar-refractivity contribution in [2.75, 3.05) is 0 Å². The first kappa shape index (κ1) is 11.7. The number of isocyanates is 1. The minimum absolute atomic E-state index is 0.283. The van der Waals surface area contributed by atoms with Crippen molar-refractivity contribution >= 4 is 6.08 Å². The molecule has 90 valence electrons. The molecule has 1 fully saturated rings. The smallest absolute Gasteiger partial charge is 0.419 e. The Kier molecular flexibility index (Phi) is 2.47. The van der Waals surface area contributed by atoms with Crippen LogP contribution in [0.3, 0.4) is 0 Å². The molecule has 1 aromatic carbocycles. The maximum Gasteiger partial charge on any atom is 0.419 e. The van der Waals surface area contributed by atoms with Crippen LogP contribution in [-0.4, -0.2) is 11.2 Å². The molecular weight excluding hydrogens is 235 g/mol. The largest absolute Gasteiger partial charge is 0.507 e. The molecule has 0 bridgehead atoms. The number of benzene rings is 1. The van der Waals surface area contributed by atoms with Crippen molar-refractivity contribution in [3.05, 3.63) is 29.3 Å². The van der Waals surface area contributed by atoms with Gasteiger partial charge < -0.3 is 5.11 Å². The molecule has 1 saturated carbocycles. The molecule has 1 aliphatic carbocycles. The van der Waals surface area contributed by atoms with Crippen LogP contribution in [0.4, 0.5) is 13.2 Å². The lowest BCUT2D eigenvalue weighted by Crippen LogP contribution is -2.09. The molecule has 0 unspecified atom stereocenters. The first-order valence-corrected chi connectivity index (χ1v) is 4.89. The molecule has 0 spiro atoms. The van der Waals surface area contributed by atoms with Gasteiger partial charge in [-0.2, -0.15) is 18.2 Å². The second-order valence-corrected chi connectivity index (χ2v) is 3.96. The predicted octanol–water partition coefficient (Wildman–Crippen LogP) is 2.74. The number of phenolic OH excluding ortho intramolecular Hbond substituents is 1. The highest BCUT2D eigenvalue weighted by atomic mass is 19.4. The van der Waals surface area contributed by atoms with Gasteiger partial charge >= 0.3 is 6.18 Å². The van der Waals surface area contributed by atoms with Crippen LogP contribution in [0.2, 0.25) is 0 Å². The van der Waals surface area contributed by atoms with E-state index in [1.165, 1.54) is 12.1 Å². The van der Waals surface area contributed by atoms with Gasteiger partial charge in [0.1, 0.15) is 5.75 Å². The van der Waals surface area contributed by atoms with E-state index >= 15 is 0 Å². The highest BCUT2D eigenvalue weighted by molar-refractivity contribution is 5.46. The highest BCUT2D eigenvalue weighted by Gasteiger charge is 2.46. The number of hydrogen-bond donors (Lipinski definition) is 1. The van der Waals surface area contributed by atoms with Gasteiger partial charge in [-0.1, -0.05) is 6.07 Å². The van der Waals surface area contributed by atoms with Gasteiger partial charge in [-0.05, 0) is 30.5 Å². The van der Waals surface area contributed by atoms with E-state index in [0.717, 1.165) is 12.1 Å². The zero-order chi connectivity index (χ0) is 12.7. The number of aliphatic imine (C=N–C) groups is 1. The van der Waals surface area contributed by atoms with E-state index in [-0.39, 0.29) is 5.56 Å². The summed E-state index contributed by atoms with van der Waals surface area (Å²) < 4.78 is 37.7. The van der Waals surface area contributed by atoms with E-state index < -0.39 is 23.0 Å². The molecule has 0 aliphatic heterocycles. The van der Waals surface area contributed by atoms with Crippen LogP contribution in [0.5, 0.6) is 5.75 Å². The molecule has 0 aromatic heterocycles. The van der Waals surface area contributed by atoms with Crippen LogP contribution < -0.4 is 0 Å². The molecule has 2 rings (SSSR count). The Balaban J connectivity index is 2.49. The number of carbonyl (C=O) groups excluding carboxylic acids is 1. The van der Waals surface area contributed by atoms with Crippen molar-refractivity contribution < 1.29 is 23.1 Å². The van der Waals surface area contributed by atoms with Crippen LogP contribution >= 0.6 is 0 Å². The van der Waals surface area contributed by atoms with Gasteiger partial charge in [-0.15, -0.1) is 0 Å². The monoisotopic (exact) mass is 243 g/mol. The summed E-state index contributed by atoms with van der Waals surface area (Å²) in [5, 5.41) is 9.16. The van der Waals surface area contributed by atoms with Crippen molar-refractivity contribution in [3.8, 4) is 5.75 Å². The Bertz CT molecular complexity index is 500. The number of rotatable bonds is 2. The lowest BCUT2D eigenvalue weighted by Gasteiger charge is -2.13. The Morgan fingerprint density at radius 2 is 2.00 bits per heavy atom. The zero-order valence-corrected chi connectivity index (χ0v) is 8.58. The second-order valence-electron chi connectivity index (χ2n) is 3.96. The topological polar surface area (TPSA) is 49.7 Å². The van der Waals surface area contributed by atoms with E-state index in [9.17, 15) is 18.0 Å². The van der Waals surface area contributed by atoms with E-state index in [0.29, 0.717) is 12.8 Å². The van der Waals surface area contributed by atoms with Crippen LogP contribution in [0.1, 0.15) is 24.0 Å². The quantitative estimate of drug-likeness (QED) is 0.641. The van der Waals surface area contributed by atoms with Gasteiger partial charge in [0.05, 0.1) is 11.1 Å². The Labute approximate surface area is 94.6 Å². The number of hydrogen-bond acceptors (Lipinski definition) is 3. The van der Waals surface area contributed by atoms with Gasteiger partial charge in [0.15, 0.2) is 0 Å². The van der Waals surface area contributed by atoms with Crippen LogP contribution in [-0.2, 0) is 16.5 Å². The Hall–Kier alpha value is -1.81. The molecule has 1 aromatic rings. The number of halogens is 3. The summed E-state index contributed by atoms with van der Waals surface area (Å²) in [6, 6.07) is 3.15. The van der Waals surface area contributed by atoms with E-state index in [4.69, 9.17) is 5.11 Å². The highest BCUT2D eigenvalue weighted by Crippen LogP contribution is 2.50. The van der Waals surface area contributed by atoms with Crippen LogP contribution in [0.15, 0.2) is 23.2 Å². The van der Waals surface area contributed by atoms with Crippen LogP contribution in [0.25, 0.3) is 0 Å². The fourth-order valence-electron chi connectivity index (χ4n) is 1.72. The first-order valence-electron chi connectivity index (χ1n) is 4.89. The molecule has 0 heterocycles. The van der Waals surface area contributed by atoms with E-state index in [2.05, 4.69) is 4.99 Å². The summed E-state index contributed by atoms with van der Waals surface area (Å²) in [5.74, 6) is -0.827. The van der Waals surface area contributed by atoms with E-state index in [1.807, 2.05) is 0 Å². The molecule has 3 nitrogen and oxygen atoms in total. The molecule has 17 heavy (non-hydrogen) atoms. The Morgan fingerprint density at radius 1 is 1.35 bits per heavy atom. The summed E-state index contributed by atoms with van der Waals surface area (Å²) in [5.41, 5.74) is -1.69. The first-order chi connectivity index (χ1) is 7.89. The molecular formula is C11H8F3NO2. The van der Waals surface area contributed by atoms with E-state index in [1.54, 1.807) is 0 Å². The van der Waals surface area contributed by atoms with Gasteiger partial charge in [-0.3, -0.25) is 0 Å². The molecule has 6 heteroatoms. The van der Waals surface area contributed by atoms with Crippen molar-refractivity contribution in [2.45, 2.75) is 24.6 Å². The third-order valence-corrected chi connectivity index (χ3v) is 2.82. The Morgan fingerprint density at radius 3 is 2.47 bits per heavy atom. The average Bonchev–Trinajstić information content (AvgIpc) is 2.98. The fourth-order valence-corrected chi connectivity index (χ4v) is 1.72. The summed E-state index contributed by atoms with van der Waals surface area (Å²) in [4.78, 5) is 13.8. The molecule has 0 amide bonds. The zero-order valence-electron chi connectivity index (χ0n) is 8.58. The van der Waals surface area contributed by atoms with Crippen LogP contribution in [0, 0.1) is 0 Å². The molecule has 0 radical (unpaired) electrons. The van der Waals surface area contributed by atoms with Crippen molar-refractivity contribution in [1.29, 1.82) is 0 Å². The lowest BCUT2D eigenvalue weighted by molar-refractivity contribution is -0.138. The summed E-state index contributed by atoms with van der Waals surface area (Å²) >= 11 is 0. The maximum absolute atomic E-state index is 12.6. The normalized spacial score (nSPS) is 17.4. The number of alkyl halides is 3. The standard InChI is InChI=1S/C11H8F3NO2/c12-11(13,14)8-5-7(1-2-9(8)17)10(3-4-10)15-6-16/h1-2,5,17H,3-4H2. The lowest BCUT2D eigenvalue weighted by atomic mass is 10.0. The minimum Gasteiger partial charge on any atom is -0.507 e. The van der Waals surface area contributed by atoms with Gasteiger partial charge in [0.25, 0.3) is 0 Å². The summed E-state index contributed by atoms with van der Waals surface area (Å²) in [7, 11) is 0. The minimum atomic E-state index is -4.62. The van der Waals surface area contributed by atoms with Gasteiger partial charge in [0.2, 0.25) is 6.08 Å².